The van der Waals surface area contributed by atoms with Crippen molar-refractivity contribution in [1.82, 2.24) is 4.57 Å². The van der Waals surface area contributed by atoms with Crippen molar-refractivity contribution < 1.29 is 17.5 Å². The van der Waals surface area contributed by atoms with Gasteiger partial charge >= 0.3 is 0 Å². The normalized spacial score (nSPS) is 11.9. The Morgan fingerprint density at radius 1 is 1.40 bits per heavy atom. The van der Waals surface area contributed by atoms with Gasteiger partial charge in [0.15, 0.2) is 0 Å². The fourth-order valence-electron chi connectivity index (χ4n) is 2.16. The molecule has 1 aromatic heterocycles. The van der Waals surface area contributed by atoms with Gasteiger partial charge in [-0.2, -0.15) is 0 Å². The lowest BCUT2D eigenvalue weighted by Gasteiger charge is -2.07. The first kappa shape index (κ1) is 15.1. The average molecular weight is 320 g/mol. The van der Waals surface area contributed by atoms with Crippen LogP contribution in [-0.2, 0) is 15.6 Å². The maximum absolute atomic E-state index is 12.3. The first-order chi connectivity index (χ1) is 9.49. The molecule has 0 saturated carbocycles. The van der Waals surface area contributed by atoms with Crippen molar-refractivity contribution in [3.05, 3.63) is 24.4 Å². The number of hydrogen-bond acceptors (Lipinski definition) is 3. The Balaban J connectivity index is 2.70. The lowest BCUT2D eigenvalue weighted by molar-refractivity contribution is 0.344. The Morgan fingerprint density at radius 2 is 2.15 bits per heavy atom. The summed E-state index contributed by atoms with van der Waals surface area (Å²) in [6, 6.07) is 5.22. The van der Waals surface area contributed by atoms with Crippen LogP contribution in [-0.4, -0.2) is 26.3 Å². The van der Waals surface area contributed by atoms with Gasteiger partial charge in [-0.15, -0.1) is 0 Å². The molecule has 20 heavy (non-hydrogen) atoms. The van der Waals surface area contributed by atoms with Crippen molar-refractivity contribution in [2.75, 3.05) is 13.3 Å². The van der Waals surface area contributed by atoms with E-state index in [0.29, 0.717) is 36.2 Å². The van der Waals surface area contributed by atoms with Gasteiger partial charge < -0.3 is 9.30 Å². The lowest BCUT2D eigenvalue weighted by Crippen LogP contribution is -1.97. The molecule has 0 bridgehead atoms. The number of ether oxygens (including phenoxy) is 1. The van der Waals surface area contributed by atoms with Crippen LogP contribution in [0.3, 0.4) is 0 Å². The van der Waals surface area contributed by atoms with Crippen molar-refractivity contribution >= 4 is 30.6 Å². The number of alkyl halides is 1. The molecule has 2 aromatic rings. The van der Waals surface area contributed by atoms with Crippen LogP contribution in [0.15, 0.2) is 29.3 Å². The van der Waals surface area contributed by atoms with E-state index >= 15 is 0 Å². The summed E-state index contributed by atoms with van der Waals surface area (Å²) in [5.74, 6) is 0.461. The second-order valence-corrected chi connectivity index (χ2v) is 6.78. The SMILES string of the molecule is CCOc1cccc2c1c(S(=O)(=O)Cl)cn2CCCF. The number of rotatable bonds is 6. The molecular weight excluding hydrogens is 305 g/mol. The molecule has 2 rings (SSSR count). The van der Waals surface area contributed by atoms with E-state index in [2.05, 4.69) is 0 Å². The van der Waals surface area contributed by atoms with E-state index in [-0.39, 0.29) is 4.90 Å². The minimum absolute atomic E-state index is 0.00271. The van der Waals surface area contributed by atoms with Crippen molar-refractivity contribution in [2.45, 2.75) is 24.8 Å². The molecule has 0 aliphatic heterocycles. The molecule has 0 atom stereocenters. The van der Waals surface area contributed by atoms with E-state index in [1.165, 1.54) is 6.20 Å². The third kappa shape index (κ3) is 2.91. The standard InChI is InChI=1S/C13H15ClFNO3S/c1-2-19-11-6-3-5-10-13(11)12(20(14,17)18)9-16(10)8-4-7-15/h3,5-6,9H,2,4,7-8H2,1H3. The maximum Gasteiger partial charge on any atom is 0.263 e. The summed E-state index contributed by atoms with van der Waals surface area (Å²) < 4.78 is 42.9. The quantitative estimate of drug-likeness (QED) is 0.767. The van der Waals surface area contributed by atoms with E-state index in [4.69, 9.17) is 15.4 Å². The zero-order valence-corrected chi connectivity index (χ0v) is 12.5. The van der Waals surface area contributed by atoms with E-state index in [9.17, 15) is 12.8 Å². The highest BCUT2D eigenvalue weighted by atomic mass is 35.7. The van der Waals surface area contributed by atoms with Crippen LogP contribution in [0, 0.1) is 0 Å². The summed E-state index contributed by atoms with van der Waals surface area (Å²) in [6.07, 6.45) is 1.75. The predicted octanol–water partition coefficient (Wildman–Crippen LogP) is 3.33. The van der Waals surface area contributed by atoms with Gasteiger partial charge in [-0.1, -0.05) is 6.07 Å². The van der Waals surface area contributed by atoms with Crippen LogP contribution in [0.25, 0.3) is 10.9 Å². The summed E-state index contributed by atoms with van der Waals surface area (Å²) in [4.78, 5) is -0.00271. The van der Waals surface area contributed by atoms with Crippen LogP contribution in [0.5, 0.6) is 5.75 Å². The minimum atomic E-state index is -3.90. The molecule has 110 valence electrons. The fourth-order valence-corrected chi connectivity index (χ4v) is 3.21. The largest absolute Gasteiger partial charge is 0.493 e. The molecule has 1 heterocycles. The van der Waals surface area contributed by atoms with Crippen molar-refractivity contribution in [2.24, 2.45) is 0 Å². The average Bonchev–Trinajstić information content (AvgIpc) is 2.76. The van der Waals surface area contributed by atoms with Gasteiger partial charge in [-0.3, -0.25) is 4.39 Å². The molecule has 0 aliphatic rings. The molecule has 0 fully saturated rings. The Kier molecular flexibility index (Phi) is 4.55. The predicted molar refractivity (Wildman–Crippen MR) is 76.7 cm³/mol. The molecule has 0 spiro atoms. The lowest BCUT2D eigenvalue weighted by atomic mass is 10.2. The molecule has 1 aromatic carbocycles. The summed E-state index contributed by atoms with van der Waals surface area (Å²) in [5, 5.41) is 0.447. The Labute approximate surface area is 121 Å². The first-order valence-corrected chi connectivity index (χ1v) is 8.55. The third-order valence-corrected chi connectivity index (χ3v) is 4.26. The Morgan fingerprint density at radius 3 is 2.75 bits per heavy atom. The highest BCUT2D eigenvalue weighted by Crippen LogP contribution is 2.35. The van der Waals surface area contributed by atoms with Gasteiger partial charge in [0.1, 0.15) is 10.6 Å². The highest BCUT2D eigenvalue weighted by Gasteiger charge is 2.21. The topological polar surface area (TPSA) is 48.3 Å². The molecule has 0 unspecified atom stereocenters. The maximum atomic E-state index is 12.3. The van der Waals surface area contributed by atoms with Gasteiger partial charge in [-0.25, -0.2) is 8.42 Å². The number of fused-ring (bicyclic) bond motifs is 1. The van der Waals surface area contributed by atoms with Gasteiger partial charge in [0.25, 0.3) is 9.05 Å². The van der Waals surface area contributed by atoms with Crippen LogP contribution in [0.4, 0.5) is 4.39 Å². The summed E-state index contributed by atoms with van der Waals surface area (Å²) >= 11 is 0. The van der Waals surface area contributed by atoms with Crippen LogP contribution >= 0.6 is 10.7 Å². The monoisotopic (exact) mass is 319 g/mol. The third-order valence-electron chi connectivity index (χ3n) is 2.93. The van der Waals surface area contributed by atoms with Gasteiger partial charge in [0.05, 0.1) is 24.2 Å². The molecule has 0 saturated heterocycles. The highest BCUT2D eigenvalue weighted by molar-refractivity contribution is 8.14. The summed E-state index contributed by atoms with van der Waals surface area (Å²) in [7, 11) is 1.59. The van der Waals surface area contributed by atoms with Gasteiger partial charge in [-0.05, 0) is 25.5 Å². The number of halogens is 2. The Bertz CT molecular complexity index is 712. The molecule has 4 nitrogen and oxygen atoms in total. The van der Waals surface area contributed by atoms with Crippen LogP contribution in [0.1, 0.15) is 13.3 Å². The number of benzene rings is 1. The number of aromatic nitrogens is 1. The smallest absolute Gasteiger partial charge is 0.263 e. The van der Waals surface area contributed by atoms with Crippen LogP contribution in [0.2, 0.25) is 0 Å². The van der Waals surface area contributed by atoms with Crippen molar-refractivity contribution in [3.8, 4) is 5.75 Å². The van der Waals surface area contributed by atoms with E-state index < -0.39 is 15.7 Å². The second-order valence-electron chi connectivity index (χ2n) is 4.25. The molecule has 0 aliphatic carbocycles. The van der Waals surface area contributed by atoms with Crippen LogP contribution < -0.4 is 4.74 Å². The fraction of sp³-hybridized carbons (Fsp3) is 0.385. The number of hydrogen-bond donors (Lipinski definition) is 0. The minimum Gasteiger partial charge on any atom is -0.493 e. The molecule has 0 amide bonds. The van der Waals surface area contributed by atoms with E-state index in [0.717, 1.165) is 0 Å². The van der Waals surface area contributed by atoms with Crippen molar-refractivity contribution in [3.63, 3.8) is 0 Å². The Hall–Kier alpha value is -1.27. The first-order valence-electron chi connectivity index (χ1n) is 6.24. The zero-order chi connectivity index (χ0) is 14.8. The molecule has 0 N–H and O–H groups in total. The second kappa shape index (κ2) is 6.01. The summed E-state index contributed by atoms with van der Waals surface area (Å²) in [6.45, 7) is 2.15. The molecular formula is C13H15ClFNO3S. The van der Waals surface area contributed by atoms with Crippen molar-refractivity contribution in [1.29, 1.82) is 0 Å². The van der Waals surface area contributed by atoms with E-state index in [1.807, 2.05) is 6.92 Å². The molecule has 0 radical (unpaired) electrons. The molecule has 7 heteroatoms. The van der Waals surface area contributed by atoms with Gasteiger partial charge in [0.2, 0.25) is 0 Å². The summed E-state index contributed by atoms with van der Waals surface area (Å²) in [5.41, 5.74) is 0.670. The number of aryl methyl sites for hydroxylation is 1. The number of nitrogens with zero attached hydrogens (tertiary/aromatic N) is 1. The zero-order valence-electron chi connectivity index (χ0n) is 11.0. The van der Waals surface area contributed by atoms with Gasteiger partial charge in [0, 0.05) is 23.4 Å². The van der Waals surface area contributed by atoms with E-state index in [1.54, 1.807) is 22.8 Å².